The summed E-state index contributed by atoms with van der Waals surface area (Å²) in [6, 6.07) is 10.2. The van der Waals surface area contributed by atoms with Crippen molar-refractivity contribution < 1.29 is 0 Å². The number of aliphatic imine (C=N–C) groups is 1. The van der Waals surface area contributed by atoms with Gasteiger partial charge in [-0.2, -0.15) is 5.10 Å². The maximum absolute atomic E-state index is 6.11. The van der Waals surface area contributed by atoms with Crippen molar-refractivity contribution in [2.24, 2.45) is 10.7 Å². The third-order valence-electron chi connectivity index (χ3n) is 4.96. The first kappa shape index (κ1) is 18.7. The maximum atomic E-state index is 6.11. The molecule has 0 bridgehead atoms. The molecule has 0 aliphatic carbocycles. The number of guanidine groups is 1. The van der Waals surface area contributed by atoms with Gasteiger partial charge in [0.25, 0.3) is 0 Å². The highest BCUT2D eigenvalue weighted by molar-refractivity contribution is 6.30. The van der Waals surface area contributed by atoms with Gasteiger partial charge in [-0.25, -0.2) is 0 Å². The number of benzene rings is 1. The first-order valence-electron chi connectivity index (χ1n) is 9.19. The Morgan fingerprint density at radius 1 is 1.42 bits per heavy atom. The second kappa shape index (κ2) is 9.05. The summed E-state index contributed by atoms with van der Waals surface area (Å²) in [5, 5.41) is 8.37. The largest absolute Gasteiger partial charge is 0.370 e. The number of hydrogen-bond donors (Lipinski definition) is 2. The van der Waals surface area contributed by atoms with E-state index in [1.165, 1.54) is 19.4 Å². The monoisotopic (exact) mass is 374 g/mol. The molecule has 0 amide bonds. The lowest BCUT2D eigenvalue weighted by Crippen LogP contribution is -2.43. The highest BCUT2D eigenvalue weighted by Crippen LogP contribution is 2.20. The van der Waals surface area contributed by atoms with Crippen LogP contribution in [-0.4, -0.2) is 52.9 Å². The first-order chi connectivity index (χ1) is 12.7. The molecule has 1 aromatic carbocycles. The minimum Gasteiger partial charge on any atom is -0.370 e. The summed E-state index contributed by atoms with van der Waals surface area (Å²) in [4.78, 5) is 7.05. The molecule has 1 aliphatic heterocycles. The molecule has 1 aliphatic rings. The number of hydrogen-bond acceptors (Lipinski definition) is 3. The highest BCUT2D eigenvalue weighted by atomic mass is 35.5. The number of nitrogens with zero attached hydrogens (tertiary/aromatic N) is 4. The van der Waals surface area contributed by atoms with Crippen LogP contribution in [0, 0.1) is 0 Å². The van der Waals surface area contributed by atoms with Gasteiger partial charge in [0.15, 0.2) is 5.96 Å². The summed E-state index contributed by atoms with van der Waals surface area (Å²) in [5.41, 5.74) is 7.21. The molecule has 0 radical (unpaired) electrons. The number of nitrogens with two attached hydrogens (primary N) is 1. The molecule has 3 N–H and O–H groups in total. The van der Waals surface area contributed by atoms with Gasteiger partial charge >= 0.3 is 0 Å². The van der Waals surface area contributed by atoms with E-state index < -0.39 is 0 Å². The molecule has 2 aromatic rings. The SMILES string of the molecule is CCN1CCCC1CNC(N)=NCC(c1ccc(Cl)cc1)n1cccn1. The van der Waals surface area contributed by atoms with Gasteiger partial charge in [0.1, 0.15) is 0 Å². The smallest absolute Gasteiger partial charge is 0.188 e. The van der Waals surface area contributed by atoms with Gasteiger partial charge in [0.05, 0.1) is 12.6 Å². The zero-order valence-electron chi connectivity index (χ0n) is 15.2. The van der Waals surface area contributed by atoms with E-state index in [0.717, 1.165) is 23.7 Å². The zero-order valence-corrected chi connectivity index (χ0v) is 15.9. The Labute approximate surface area is 160 Å². The molecule has 3 rings (SSSR count). The van der Waals surface area contributed by atoms with Gasteiger partial charge in [-0.3, -0.25) is 14.6 Å². The topological polar surface area (TPSA) is 71.5 Å². The van der Waals surface area contributed by atoms with Gasteiger partial charge in [0, 0.05) is 30.0 Å². The van der Waals surface area contributed by atoms with Gasteiger partial charge in [-0.1, -0.05) is 30.7 Å². The molecule has 2 atom stereocenters. The predicted molar refractivity (Wildman–Crippen MR) is 107 cm³/mol. The minimum atomic E-state index is -0.0127. The quantitative estimate of drug-likeness (QED) is 0.577. The summed E-state index contributed by atoms with van der Waals surface area (Å²) in [6.45, 7) is 5.83. The zero-order chi connectivity index (χ0) is 18.4. The summed E-state index contributed by atoms with van der Waals surface area (Å²) in [6.07, 6.45) is 6.19. The number of aromatic nitrogens is 2. The summed E-state index contributed by atoms with van der Waals surface area (Å²) in [5.74, 6) is 0.485. The van der Waals surface area contributed by atoms with Crippen LogP contribution >= 0.6 is 11.6 Å². The van der Waals surface area contributed by atoms with E-state index >= 15 is 0 Å². The van der Waals surface area contributed by atoms with Crippen molar-refractivity contribution in [2.45, 2.75) is 31.8 Å². The summed E-state index contributed by atoms with van der Waals surface area (Å²) >= 11 is 6.01. The van der Waals surface area contributed by atoms with Crippen LogP contribution in [0.4, 0.5) is 0 Å². The molecule has 7 heteroatoms. The Bertz CT molecular complexity index is 697. The van der Waals surface area contributed by atoms with E-state index in [1.54, 1.807) is 6.20 Å². The molecule has 1 aromatic heterocycles. The second-order valence-corrected chi connectivity index (χ2v) is 7.02. The fraction of sp³-hybridized carbons (Fsp3) is 0.474. The molecule has 0 spiro atoms. The fourth-order valence-corrected chi connectivity index (χ4v) is 3.62. The van der Waals surface area contributed by atoms with Crippen LogP contribution < -0.4 is 11.1 Å². The van der Waals surface area contributed by atoms with Crippen molar-refractivity contribution in [1.82, 2.24) is 20.0 Å². The predicted octanol–water partition coefficient (Wildman–Crippen LogP) is 2.51. The van der Waals surface area contributed by atoms with Crippen molar-refractivity contribution in [2.75, 3.05) is 26.2 Å². The Morgan fingerprint density at radius 3 is 2.92 bits per heavy atom. The van der Waals surface area contributed by atoms with Crippen LogP contribution in [0.5, 0.6) is 0 Å². The standard InChI is InChI=1S/C19H27ClN6/c1-2-25-11-3-5-17(25)13-22-19(21)23-14-18(26-12-4-10-24-26)15-6-8-16(20)9-7-15/h4,6-10,12,17-18H,2-3,5,11,13-14H2,1H3,(H3,21,22,23). The average Bonchev–Trinajstić information content (AvgIpc) is 3.33. The van der Waals surface area contributed by atoms with Crippen LogP contribution in [0.1, 0.15) is 31.4 Å². The van der Waals surface area contributed by atoms with E-state index in [2.05, 4.69) is 27.2 Å². The third kappa shape index (κ3) is 4.77. The van der Waals surface area contributed by atoms with E-state index in [-0.39, 0.29) is 6.04 Å². The Balaban J connectivity index is 1.63. The van der Waals surface area contributed by atoms with Crippen molar-refractivity contribution in [3.05, 3.63) is 53.3 Å². The molecule has 2 unspecified atom stereocenters. The van der Waals surface area contributed by atoms with Crippen molar-refractivity contribution in [1.29, 1.82) is 0 Å². The van der Waals surface area contributed by atoms with Crippen molar-refractivity contribution in [3.63, 3.8) is 0 Å². The molecule has 6 nitrogen and oxygen atoms in total. The van der Waals surface area contributed by atoms with E-state index in [9.17, 15) is 0 Å². The Hall–Kier alpha value is -2.05. The van der Waals surface area contributed by atoms with E-state index in [0.29, 0.717) is 18.5 Å². The lowest BCUT2D eigenvalue weighted by atomic mass is 10.1. The lowest BCUT2D eigenvalue weighted by molar-refractivity contribution is 0.267. The molecule has 26 heavy (non-hydrogen) atoms. The van der Waals surface area contributed by atoms with Crippen LogP contribution in [-0.2, 0) is 0 Å². The van der Waals surface area contributed by atoms with Gasteiger partial charge in [-0.05, 0) is 49.7 Å². The number of nitrogens with one attached hydrogen (secondary N) is 1. The number of rotatable bonds is 7. The van der Waals surface area contributed by atoms with Crippen LogP contribution in [0.25, 0.3) is 0 Å². The van der Waals surface area contributed by atoms with Gasteiger partial charge < -0.3 is 11.1 Å². The van der Waals surface area contributed by atoms with E-state index in [1.807, 2.05) is 41.2 Å². The maximum Gasteiger partial charge on any atom is 0.188 e. The second-order valence-electron chi connectivity index (χ2n) is 6.58. The minimum absolute atomic E-state index is 0.0127. The average molecular weight is 375 g/mol. The normalized spacial score (nSPS) is 19.6. The molecule has 1 fully saturated rings. The molecule has 2 heterocycles. The van der Waals surface area contributed by atoms with Crippen LogP contribution in [0.15, 0.2) is 47.7 Å². The van der Waals surface area contributed by atoms with Gasteiger partial charge in [-0.15, -0.1) is 0 Å². The van der Waals surface area contributed by atoms with E-state index in [4.69, 9.17) is 17.3 Å². The van der Waals surface area contributed by atoms with Crippen molar-refractivity contribution in [3.8, 4) is 0 Å². The van der Waals surface area contributed by atoms with Crippen LogP contribution in [0.3, 0.4) is 0 Å². The molecule has 140 valence electrons. The number of halogens is 1. The molecule has 1 saturated heterocycles. The third-order valence-corrected chi connectivity index (χ3v) is 5.21. The van der Waals surface area contributed by atoms with Crippen LogP contribution in [0.2, 0.25) is 5.02 Å². The van der Waals surface area contributed by atoms with Crippen molar-refractivity contribution >= 4 is 17.6 Å². The fourth-order valence-electron chi connectivity index (χ4n) is 3.50. The molecular weight excluding hydrogens is 348 g/mol. The molecular formula is C19H27ClN6. The first-order valence-corrected chi connectivity index (χ1v) is 9.57. The molecule has 0 saturated carbocycles. The highest BCUT2D eigenvalue weighted by Gasteiger charge is 2.22. The summed E-state index contributed by atoms with van der Waals surface area (Å²) < 4.78 is 1.90. The summed E-state index contributed by atoms with van der Waals surface area (Å²) in [7, 11) is 0. The Morgan fingerprint density at radius 2 is 2.23 bits per heavy atom. The Kier molecular flexibility index (Phi) is 6.52. The van der Waals surface area contributed by atoms with Gasteiger partial charge in [0.2, 0.25) is 0 Å². The number of likely N-dealkylation sites (tertiary alicyclic amines) is 1. The lowest BCUT2D eigenvalue weighted by Gasteiger charge is -2.23. The number of likely N-dealkylation sites (N-methyl/N-ethyl adjacent to an activating group) is 1.